The SMILES string of the molecule is COc1ccc(N2Cc3cnc(NCC(F)(F)F)nc3N(c3ccc(-c4cc[nH]c4)cc3)C2=O)cc1. The van der Waals surface area contributed by atoms with E-state index in [1.807, 2.05) is 30.6 Å². The van der Waals surface area contributed by atoms with Gasteiger partial charge >= 0.3 is 12.2 Å². The number of anilines is 4. The number of hydrogen-bond donors (Lipinski definition) is 2. The number of amides is 2. The quantitative estimate of drug-likeness (QED) is 0.357. The molecular weight excluding hydrogens is 473 g/mol. The number of rotatable bonds is 6. The number of hydrogen-bond acceptors (Lipinski definition) is 5. The van der Waals surface area contributed by atoms with Gasteiger partial charge in [0.1, 0.15) is 12.3 Å². The molecule has 0 atom stereocenters. The number of methoxy groups -OCH3 is 1. The summed E-state index contributed by atoms with van der Waals surface area (Å²) in [5, 5.41) is 2.19. The van der Waals surface area contributed by atoms with Crippen LogP contribution in [0.4, 0.5) is 41.1 Å². The van der Waals surface area contributed by atoms with Gasteiger partial charge in [0, 0.05) is 29.8 Å². The van der Waals surface area contributed by atoms with E-state index in [2.05, 4.69) is 20.3 Å². The molecule has 4 aromatic rings. The van der Waals surface area contributed by atoms with Crippen LogP contribution in [0.1, 0.15) is 5.56 Å². The maximum atomic E-state index is 13.7. The van der Waals surface area contributed by atoms with Crippen LogP contribution in [0.15, 0.2) is 73.2 Å². The summed E-state index contributed by atoms with van der Waals surface area (Å²) in [5.74, 6) is 0.647. The van der Waals surface area contributed by atoms with E-state index in [1.165, 1.54) is 11.1 Å². The first-order valence-electron chi connectivity index (χ1n) is 11.0. The Morgan fingerprint density at radius 2 is 1.75 bits per heavy atom. The number of nitrogens with one attached hydrogen (secondary N) is 2. The second-order valence-electron chi connectivity index (χ2n) is 8.06. The number of benzene rings is 2. The van der Waals surface area contributed by atoms with E-state index >= 15 is 0 Å². The van der Waals surface area contributed by atoms with Gasteiger partial charge in [-0.1, -0.05) is 12.1 Å². The fourth-order valence-corrected chi connectivity index (χ4v) is 3.92. The van der Waals surface area contributed by atoms with Gasteiger partial charge in [0.05, 0.1) is 19.3 Å². The Morgan fingerprint density at radius 3 is 2.39 bits per heavy atom. The monoisotopic (exact) mass is 494 g/mol. The molecule has 2 aromatic carbocycles. The number of aromatic nitrogens is 3. The summed E-state index contributed by atoms with van der Waals surface area (Å²) < 4.78 is 43.4. The summed E-state index contributed by atoms with van der Waals surface area (Å²) in [6.45, 7) is -1.14. The van der Waals surface area contributed by atoms with Gasteiger partial charge in [0.2, 0.25) is 5.95 Å². The maximum absolute atomic E-state index is 13.7. The van der Waals surface area contributed by atoms with Crippen LogP contribution in [-0.2, 0) is 6.54 Å². The van der Waals surface area contributed by atoms with Crippen molar-refractivity contribution in [1.82, 2.24) is 15.0 Å². The number of ether oxygens (including phenoxy) is 1. The molecule has 36 heavy (non-hydrogen) atoms. The molecule has 0 radical (unpaired) electrons. The van der Waals surface area contributed by atoms with E-state index in [0.29, 0.717) is 22.7 Å². The molecule has 8 nitrogen and oxygen atoms in total. The lowest BCUT2D eigenvalue weighted by molar-refractivity contribution is -0.115. The van der Waals surface area contributed by atoms with Crippen LogP contribution in [0.3, 0.4) is 0 Å². The van der Waals surface area contributed by atoms with Crippen LogP contribution in [0.25, 0.3) is 11.1 Å². The van der Waals surface area contributed by atoms with Crippen LogP contribution in [0.5, 0.6) is 5.75 Å². The highest BCUT2D eigenvalue weighted by Crippen LogP contribution is 2.37. The molecule has 0 saturated carbocycles. The Labute approximate surface area is 204 Å². The zero-order chi connectivity index (χ0) is 25.3. The number of alkyl halides is 3. The Balaban J connectivity index is 1.54. The number of carbonyl (C=O) groups excluding carboxylic acids is 1. The Morgan fingerprint density at radius 1 is 1.03 bits per heavy atom. The predicted molar refractivity (Wildman–Crippen MR) is 130 cm³/mol. The van der Waals surface area contributed by atoms with Gasteiger partial charge in [-0.3, -0.25) is 4.90 Å². The van der Waals surface area contributed by atoms with Crippen molar-refractivity contribution in [2.45, 2.75) is 12.7 Å². The number of aromatic amines is 1. The van der Waals surface area contributed by atoms with Gasteiger partial charge in [0.15, 0.2) is 5.82 Å². The van der Waals surface area contributed by atoms with Gasteiger partial charge in [-0.25, -0.2) is 14.7 Å². The molecule has 0 spiro atoms. The highest BCUT2D eigenvalue weighted by Gasteiger charge is 2.35. The third kappa shape index (κ3) is 4.67. The zero-order valence-corrected chi connectivity index (χ0v) is 19.1. The van der Waals surface area contributed by atoms with Crippen LogP contribution < -0.4 is 19.9 Å². The lowest BCUT2D eigenvalue weighted by Crippen LogP contribution is -2.45. The predicted octanol–water partition coefficient (Wildman–Crippen LogP) is 5.73. The molecule has 0 unspecified atom stereocenters. The van der Waals surface area contributed by atoms with Gasteiger partial charge in [-0.2, -0.15) is 18.2 Å². The van der Waals surface area contributed by atoms with Gasteiger partial charge in [-0.05, 0) is 53.6 Å². The van der Waals surface area contributed by atoms with Gasteiger partial charge in [-0.15, -0.1) is 0 Å². The summed E-state index contributed by atoms with van der Waals surface area (Å²) in [7, 11) is 1.55. The molecule has 0 saturated heterocycles. The summed E-state index contributed by atoms with van der Waals surface area (Å²) in [4.78, 5) is 28.0. The van der Waals surface area contributed by atoms with Crippen molar-refractivity contribution in [2.75, 3.05) is 28.8 Å². The van der Waals surface area contributed by atoms with Crippen molar-refractivity contribution < 1.29 is 22.7 Å². The minimum absolute atomic E-state index is 0.151. The number of carbonyl (C=O) groups is 1. The zero-order valence-electron chi connectivity index (χ0n) is 19.1. The van der Waals surface area contributed by atoms with Crippen molar-refractivity contribution in [2.24, 2.45) is 0 Å². The average Bonchev–Trinajstić information content (AvgIpc) is 3.42. The second-order valence-corrected chi connectivity index (χ2v) is 8.06. The molecule has 2 amide bonds. The molecule has 2 aromatic heterocycles. The molecule has 11 heteroatoms. The average molecular weight is 494 g/mol. The van der Waals surface area contributed by atoms with E-state index in [4.69, 9.17) is 4.74 Å². The molecule has 1 aliphatic rings. The maximum Gasteiger partial charge on any atom is 0.405 e. The van der Waals surface area contributed by atoms with Crippen molar-refractivity contribution in [1.29, 1.82) is 0 Å². The lowest BCUT2D eigenvalue weighted by Gasteiger charge is -2.36. The number of fused-ring (bicyclic) bond motifs is 1. The minimum atomic E-state index is -4.44. The highest BCUT2D eigenvalue weighted by molar-refractivity contribution is 6.10. The van der Waals surface area contributed by atoms with Crippen molar-refractivity contribution in [3.05, 3.63) is 78.8 Å². The van der Waals surface area contributed by atoms with Crippen molar-refractivity contribution in [3.63, 3.8) is 0 Å². The van der Waals surface area contributed by atoms with Crippen LogP contribution in [0.2, 0.25) is 0 Å². The molecule has 5 rings (SSSR count). The standard InChI is InChI=1S/C25H21F3N6O2/c1-36-21-8-6-19(7-9-21)33-14-18-13-30-23(31-15-25(26,27)28)32-22(18)34(24(33)35)20-4-2-16(3-5-20)17-10-11-29-12-17/h2-13,29H,14-15H2,1H3,(H,30,31,32). The van der Waals surface area contributed by atoms with E-state index in [1.54, 1.807) is 48.4 Å². The topological polar surface area (TPSA) is 86.4 Å². The molecule has 2 N–H and O–H groups in total. The van der Waals surface area contributed by atoms with Crippen LogP contribution >= 0.6 is 0 Å². The molecule has 0 bridgehead atoms. The summed E-state index contributed by atoms with van der Waals surface area (Å²) in [6, 6.07) is 15.8. The van der Waals surface area contributed by atoms with E-state index in [9.17, 15) is 18.0 Å². The van der Waals surface area contributed by atoms with Gasteiger partial charge in [0.25, 0.3) is 0 Å². The van der Waals surface area contributed by atoms with E-state index in [0.717, 1.165) is 11.1 Å². The first-order chi connectivity index (χ1) is 17.3. The first-order valence-corrected chi connectivity index (χ1v) is 11.0. The molecule has 0 fully saturated rings. The number of halogens is 3. The Hall–Kier alpha value is -4.54. The molecule has 1 aliphatic heterocycles. The summed E-state index contributed by atoms with van der Waals surface area (Å²) >= 11 is 0. The number of nitrogens with zero attached hydrogens (tertiary/aromatic N) is 4. The second kappa shape index (κ2) is 9.25. The van der Waals surface area contributed by atoms with Crippen LogP contribution in [0, 0.1) is 0 Å². The van der Waals surface area contributed by atoms with Crippen LogP contribution in [-0.4, -0.2) is 40.8 Å². The van der Waals surface area contributed by atoms with E-state index in [-0.39, 0.29) is 18.3 Å². The van der Waals surface area contributed by atoms with Crippen molar-refractivity contribution >= 4 is 29.2 Å². The van der Waals surface area contributed by atoms with Gasteiger partial charge < -0.3 is 15.0 Å². The molecule has 3 heterocycles. The first kappa shape index (κ1) is 23.2. The molecule has 184 valence electrons. The third-order valence-corrected chi connectivity index (χ3v) is 5.69. The summed E-state index contributed by atoms with van der Waals surface area (Å²) in [6.07, 6.45) is 0.666. The molecule has 0 aliphatic carbocycles. The smallest absolute Gasteiger partial charge is 0.405 e. The Kier molecular flexibility index (Phi) is 5.96. The fraction of sp³-hybridized carbons (Fsp3) is 0.160. The summed E-state index contributed by atoms with van der Waals surface area (Å²) in [5.41, 5.74) is 3.64. The minimum Gasteiger partial charge on any atom is -0.497 e. The Bertz CT molecular complexity index is 1360. The van der Waals surface area contributed by atoms with E-state index < -0.39 is 18.8 Å². The fourth-order valence-electron chi connectivity index (χ4n) is 3.92. The normalized spacial score (nSPS) is 13.5. The number of H-pyrrole nitrogens is 1. The largest absolute Gasteiger partial charge is 0.497 e. The lowest BCUT2D eigenvalue weighted by atomic mass is 10.1. The number of urea groups is 1. The third-order valence-electron chi connectivity index (χ3n) is 5.69. The highest BCUT2D eigenvalue weighted by atomic mass is 19.4. The van der Waals surface area contributed by atoms with Crippen molar-refractivity contribution in [3.8, 4) is 16.9 Å². The molecular formula is C25H21F3N6O2.